The first-order valence-electron chi connectivity index (χ1n) is 7.34. The van der Waals surface area contributed by atoms with Crippen molar-refractivity contribution in [3.8, 4) is 0 Å². The fourth-order valence-corrected chi connectivity index (χ4v) is 2.72. The highest BCUT2D eigenvalue weighted by molar-refractivity contribution is 5.79. The molecule has 0 bridgehead atoms. The minimum absolute atomic E-state index is 0.119. The number of carbonyl (C=O) groups is 1. The number of para-hydroxylation sites is 2. The lowest BCUT2D eigenvalue weighted by Gasteiger charge is -2.24. The van der Waals surface area contributed by atoms with Gasteiger partial charge in [-0.1, -0.05) is 24.3 Å². The number of aromatic nitrogens is 2. The number of amides is 1. The van der Waals surface area contributed by atoms with E-state index >= 15 is 0 Å². The summed E-state index contributed by atoms with van der Waals surface area (Å²) in [6.45, 7) is 0.511. The molecule has 1 atom stereocenters. The number of hydrogen-bond acceptors (Lipinski definition) is 3. The lowest BCUT2D eigenvalue weighted by Crippen LogP contribution is -2.33. The average molecular weight is 281 g/mol. The van der Waals surface area contributed by atoms with Crippen molar-refractivity contribution in [2.24, 2.45) is 5.92 Å². The van der Waals surface area contributed by atoms with E-state index in [4.69, 9.17) is 0 Å². The number of allylic oxidation sites excluding steroid dienone is 2. The summed E-state index contributed by atoms with van der Waals surface area (Å²) in [7, 11) is 1.84. The van der Waals surface area contributed by atoms with Gasteiger partial charge >= 0.3 is 0 Å². The predicted molar refractivity (Wildman–Crippen MR) is 82.5 cm³/mol. The maximum atomic E-state index is 12.4. The third-order valence-electron chi connectivity index (χ3n) is 3.89. The standard InChI is InChI=1S/C17H19N3O/c1-20(17(21)13-7-3-2-4-8-13)12-14-11-18-15-9-5-6-10-16(15)19-14/h2-3,5-6,9-11,13H,4,7-8,12H2,1H3/t13-/m1/s1. The Hall–Kier alpha value is -2.23. The van der Waals surface area contributed by atoms with Gasteiger partial charge in [-0.2, -0.15) is 0 Å². The highest BCUT2D eigenvalue weighted by atomic mass is 16.2. The van der Waals surface area contributed by atoms with E-state index in [0.717, 1.165) is 36.0 Å². The smallest absolute Gasteiger partial charge is 0.226 e. The van der Waals surface area contributed by atoms with Crippen molar-refractivity contribution in [1.82, 2.24) is 14.9 Å². The highest BCUT2D eigenvalue weighted by Crippen LogP contribution is 2.20. The van der Waals surface area contributed by atoms with Crippen LogP contribution >= 0.6 is 0 Å². The molecule has 1 aromatic heterocycles. The Bertz CT molecular complexity index is 681. The highest BCUT2D eigenvalue weighted by Gasteiger charge is 2.22. The van der Waals surface area contributed by atoms with E-state index in [-0.39, 0.29) is 11.8 Å². The molecule has 1 aliphatic carbocycles. The minimum Gasteiger partial charge on any atom is -0.340 e. The van der Waals surface area contributed by atoms with Gasteiger partial charge in [-0.3, -0.25) is 9.78 Å². The summed E-state index contributed by atoms with van der Waals surface area (Å²) in [6, 6.07) is 7.78. The van der Waals surface area contributed by atoms with Gasteiger partial charge in [0.15, 0.2) is 0 Å². The van der Waals surface area contributed by atoms with Gasteiger partial charge in [0.2, 0.25) is 5.91 Å². The average Bonchev–Trinajstić information content (AvgIpc) is 2.55. The molecule has 0 unspecified atom stereocenters. The van der Waals surface area contributed by atoms with Gasteiger partial charge in [-0.15, -0.1) is 0 Å². The summed E-state index contributed by atoms with van der Waals surface area (Å²) in [5, 5.41) is 0. The van der Waals surface area contributed by atoms with Crippen molar-refractivity contribution < 1.29 is 4.79 Å². The molecule has 0 aliphatic heterocycles. The third-order valence-corrected chi connectivity index (χ3v) is 3.89. The lowest BCUT2D eigenvalue weighted by molar-refractivity contribution is -0.135. The van der Waals surface area contributed by atoms with E-state index in [1.165, 1.54) is 0 Å². The molecule has 1 amide bonds. The van der Waals surface area contributed by atoms with Crippen LogP contribution in [0.3, 0.4) is 0 Å². The Kier molecular flexibility index (Phi) is 3.95. The molecule has 0 saturated heterocycles. The SMILES string of the molecule is CN(Cc1cnc2ccccc2n1)C(=O)[C@@H]1CC=CCC1. The molecule has 0 spiro atoms. The first kappa shape index (κ1) is 13.7. The Morgan fingerprint density at radius 1 is 1.29 bits per heavy atom. The second kappa shape index (κ2) is 6.04. The largest absolute Gasteiger partial charge is 0.340 e. The number of fused-ring (bicyclic) bond motifs is 1. The number of benzene rings is 1. The number of rotatable bonds is 3. The van der Waals surface area contributed by atoms with E-state index in [1.54, 1.807) is 11.1 Å². The van der Waals surface area contributed by atoms with Crippen LogP contribution in [0.25, 0.3) is 11.0 Å². The molecule has 0 N–H and O–H groups in total. The monoisotopic (exact) mass is 281 g/mol. The summed E-state index contributed by atoms with van der Waals surface area (Å²) >= 11 is 0. The lowest BCUT2D eigenvalue weighted by atomic mass is 9.93. The van der Waals surface area contributed by atoms with Crippen LogP contribution in [0.5, 0.6) is 0 Å². The van der Waals surface area contributed by atoms with Gasteiger partial charge in [0, 0.05) is 13.0 Å². The quantitative estimate of drug-likeness (QED) is 0.813. The van der Waals surface area contributed by atoms with Gasteiger partial charge in [-0.25, -0.2) is 4.98 Å². The van der Waals surface area contributed by atoms with Crippen LogP contribution < -0.4 is 0 Å². The number of nitrogens with zero attached hydrogens (tertiary/aromatic N) is 3. The molecule has 0 radical (unpaired) electrons. The molecule has 21 heavy (non-hydrogen) atoms. The van der Waals surface area contributed by atoms with E-state index in [9.17, 15) is 4.79 Å². The summed E-state index contributed by atoms with van der Waals surface area (Å²) in [5.74, 6) is 0.322. The van der Waals surface area contributed by atoms with Crippen LogP contribution in [0.15, 0.2) is 42.6 Å². The first-order valence-corrected chi connectivity index (χ1v) is 7.34. The minimum atomic E-state index is 0.119. The molecule has 1 aromatic carbocycles. The van der Waals surface area contributed by atoms with Gasteiger partial charge in [-0.05, 0) is 31.4 Å². The molecule has 1 aliphatic rings. The molecule has 4 heteroatoms. The van der Waals surface area contributed by atoms with Crippen molar-refractivity contribution in [3.05, 3.63) is 48.3 Å². The van der Waals surface area contributed by atoms with Gasteiger partial charge in [0.25, 0.3) is 0 Å². The molecule has 1 heterocycles. The Labute approximate surface area is 124 Å². The van der Waals surface area contributed by atoms with Crippen molar-refractivity contribution in [1.29, 1.82) is 0 Å². The molecule has 3 rings (SSSR count). The summed E-state index contributed by atoms with van der Waals surface area (Å²) in [6.07, 6.45) is 8.82. The van der Waals surface area contributed by atoms with Crippen LogP contribution in [0.2, 0.25) is 0 Å². The second-order valence-corrected chi connectivity index (χ2v) is 5.53. The van der Waals surface area contributed by atoms with Gasteiger partial charge in [0.1, 0.15) is 0 Å². The van der Waals surface area contributed by atoms with Crippen LogP contribution in [0, 0.1) is 5.92 Å². The van der Waals surface area contributed by atoms with E-state index in [1.807, 2.05) is 31.3 Å². The summed E-state index contributed by atoms with van der Waals surface area (Å²) in [4.78, 5) is 23.1. The Morgan fingerprint density at radius 2 is 2.10 bits per heavy atom. The topological polar surface area (TPSA) is 46.1 Å². The molecular weight excluding hydrogens is 262 g/mol. The third kappa shape index (κ3) is 3.10. The summed E-state index contributed by atoms with van der Waals surface area (Å²) < 4.78 is 0. The zero-order valence-electron chi connectivity index (χ0n) is 12.2. The molecule has 0 saturated carbocycles. The van der Waals surface area contributed by atoms with Crippen molar-refractivity contribution in [2.75, 3.05) is 7.05 Å². The summed E-state index contributed by atoms with van der Waals surface area (Å²) in [5.41, 5.74) is 2.58. The molecule has 0 fully saturated rings. The zero-order valence-corrected chi connectivity index (χ0v) is 12.2. The predicted octanol–water partition coefficient (Wildman–Crippen LogP) is 2.94. The van der Waals surface area contributed by atoms with Crippen LogP contribution in [0.1, 0.15) is 25.0 Å². The van der Waals surface area contributed by atoms with Crippen molar-refractivity contribution in [3.63, 3.8) is 0 Å². The van der Waals surface area contributed by atoms with E-state index in [0.29, 0.717) is 6.54 Å². The van der Waals surface area contributed by atoms with Crippen LogP contribution in [-0.4, -0.2) is 27.8 Å². The molecule has 108 valence electrons. The number of hydrogen-bond donors (Lipinski definition) is 0. The van der Waals surface area contributed by atoms with Crippen molar-refractivity contribution in [2.45, 2.75) is 25.8 Å². The molecule has 4 nitrogen and oxygen atoms in total. The Morgan fingerprint density at radius 3 is 2.86 bits per heavy atom. The fourth-order valence-electron chi connectivity index (χ4n) is 2.72. The second-order valence-electron chi connectivity index (χ2n) is 5.53. The number of carbonyl (C=O) groups excluding carboxylic acids is 1. The maximum absolute atomic E-state index is 12.4. The fraction of sp³-hybridized carbons (Fsp3) is 0.353. The Balaban J connectivity index is 1.71. The maximum Gasteiger partial charge on any atom is 0.226 e. The van der Waals surface area contributed by atoms with E-state index < -0.39 is 0 Å². The van der Waals surface area contributed by atoms with Crippen molar-refractivity contribution >= 4 is 16.9 Å². The zero-order chi connectivity index (χ0) is 14.7. The van der Waals surface area contributed by atoms with Gasteiger partial charge < -0.3 is 4.90 Å². The molecule has 2 aromatic rings. The normalized spacial score (nSPS) is 17.9. The van der Waals surface area contributed by atoms with Crippen LogP contribution in [-0.2, 0) is 11.3 Å². The molecular formula is C17H19N3O. The first-order chi connectivity index (χ1) is 10.2. The van der Waals surface area contributed by atoms with Gasteiger partial charge in [0.05, 0.1) is 29.5 Å². The van der Waals surface area contributed by atoms with E-state index in [2.05, 4.69) is 22.1 Å². The van der Waals surface area contributed by atoms with Crippen LogP contribution in [0.4, 0.5) is 0 Å².